The summed E-state index contributed by atoms with van der Waals surface area (Å²) in [5, 5.41) is -0.0874. The van der Waals surface area contributed by atoms with Gasteiger partial charge in [-0.05, 0) is 37.0 Å². The molecule has 0 aromatic rings. The maximum Gasteiger partial charge on any atom is 0.0216 e. The summed E-state index contributed by atoms with van der Waals surface area (Å²) in [7, 11) is 0. The van der Waals surface area contributed by atoms with Crippen molar-refractivity contribution in [3.05, 3.63) is 0 Å². The molecule has 1 rings (SSSR count). The largest absolute Gasteiger partial charge is 0.772 e. The van der Waals surface area contributed by atoms with E-state index in [0.717, 1.165) is 25.7 Å². The van der Waals surface area contributed by atoms with Crippen LogP contribution in [0.1, 0.15) is 52.9 Å². The molecular weight excluding hydrogens is 196 g/mol. The van der Waals surface area contributed by atoms with Gasteiger partial charge in [0.05, 0.1) is 0 Å². The summed E-state index contributed by atoms with van der Waals surface area (Å²) in [6.45, 7) is 6.79. The van der Waals surface area contributed by atoms with Crippen molar-refractivity contribution >= 4 is 11.1 Å². The van der Waals surface area contributed by atoms with Gasteiger partial charge in [-0.1, -0.05) is 38.3 Å². The van der Waals surface area contributed by atoms with Crippen molar-refractivity contribution in [1.82, 2.24) is 0 Å². The minimum atomic E-state index is -1.86. The molecule has 0 aromatic carbocycles. The SMILES string of the molecule is CC(C)C1(C)CCCC(S(=O)[O-])CC1. The van der Waals surface area contributed by atoms with Crippen LogP contribution in [-0.4, -0.2) is 14.0 Å². The fraction of sp³-hybridized carbons (Fsp3) is 1.00. The molecule has 84 valence electrons. The standard InChI is InChI=1S/C11H22O2S/c1-9(2)11(3)7-4-5-10(6-8-11)14(12)13/h9-10H,4-8H2,1-3H3,(H,12,13)/p-1. The maximum absolute atomic E-state index is 10.9. The van der Waals surface area contributed by atoms with Crippen LogP contribution in [0, 0.1) is 11.3 Å². The van der Waals surface area contributed by atoms with E-state index >= 15 is 0 Å². The van der Waals surface area contributed by atoms with E-state index in [0.29, 0.717) is 11.3 Å². The van der Waals surface area contributed by atoms with Gasteiger partial charge in [-0.2, -0.15) is 0 Å². The minimum Gasteiger partial charge on any atom is -0.772 e. The van der Waals surface area contributed by atoms with Crippen LogP contribution in [-0.2, 0) is 11.1 Å². The highest BCUT2D eigenvalue weighted by molar-refractivity contribution is 7.79. The van der Waals surface area contributed by atoms with Gasteiger partial charge in [0.15, 0.2) is 0 Å². The van der Waals surface area contributed by atoms with Gasteiger partial charge < -0.3 is 4.55 Å². The third-order valence-electron chi connectivity index (χ3n) is 3.98. The van der Waals surface area contributed by atoms with Crippen LogP contribution in [0.15, 0.2) is 0 Å². The molecular formula is C11H21O2S-. The third-order valence-corrected chi connectivity index (χ3v) is 4.99. The molecule has 1 aliphatic carbocycles. The van der Waals surface area contributed by atoms with E-state index in [4.69, 9.17) is 0 Å². The third kappa shape index (κ3) is 2.80. The van der Waals surface area contributed by atoms with E-state index in [2.05, 4.69) is 20.8 Å². The van der Waals surface area contributed by atoms with Crippen molar-refractivity contribution in [1.29, 1.82) is 0 Å². The van der Waals surface area contributed by atoms with E-state index in [-0.39, 0.29) is 5.25 Å². The van der Waals surface area contributed by atoms with Gasteiger partial charge in [0, 0.05) is 5.25 Å². The molecule has 0 heterocycles. The Morgan fingerprint density at radius 2 is 2.00 bits per heavy atom. The Balaban J connectivity index is 2.60. The predicted molar refractivity (Wildman–Crippen MR) is 58.7 cm³/mol. The second-order valence-corrected chi connectivity index (χ2v) is 6.31. The highest BCUT2D eigenvalue weighted by Crippen LogP contribution is 2.41. The molecule has 14 heavy (non-hydrogen) atoms. The normalized spacial score (nSPS) is 36.8. The zero-order chi connectivity index (χ0) is 10.8. The lowest BCUT2D eigenvalue weighted by Crippen LogP contribution is -2.23. The number of hydrogen-bond acceptors (Lipinski definition) is 2. The first kappa shape index (κ1) is 12.2. The van der Waals surface area contributed by atoms with Crippen molar-refractivity contribution < 1.29 is 8.76 Å². The van der Waals surface area contributed by atoms with Crippen LogP contribution in [0.5, 0.6) is 0 Å². The summed E-state index contributed by atoms with van der Waals surface area (Å²) in [6.07, 6.45) is 5.01. The Kier molecular flexibility index (Phi) is 4.14. The summed E-state index contributed by atoms with van der Waals surface area (Å²) in [4.78, 5) is 0. The lowest BCUT2D eigenvalue weighted by molar-refractivity contribution is 0.185. The van der Waals surface area contributed by atoms with Gasteiger partial charge in [-0.15, -0.1) is 0 Å². The summed E-state index contributed by atoms with van der Waals surface area (Å²) in [5.74, 6) is 0.654. The first-order valence-corrected chi connectivity index (χ1v) is 6.67. The van der Waals surface area contributed by atoms with Gasteiger partial charge in [-0.25, -0.2) is 0 Å². The topological polar surface area (TPSA) is 40.1 Å². The van der Waals surface area contributed by atoms with Crippen molar-refractivity contribution in [3.63, 3.8) is 0 Å². The van der Waals surface area contributed by atoms with Gasteiger partial charge in [0.2, 0.25) is 0 Å². The molecule has 0 saturated heterocycles. The average Bonchev–Trinajstić information content (AvgIpc) is 2.28. The average molecular weight is 217 g/mol. The van der Waals surface area contributed by atoms with Gasteiger partial charge >= 0.3 is 0 Å². The summed E-state index contributed by atoms with van der Waals surface area (Å²) in [6, 6.07) is 0. The lowest BCUT2D eigenvalue weighted by Gasteiger charge is -2.32. The molecule has 0 radical (unpaired) electrons. The smallest absolute Gasteiger partial charge is 0.0216 e. The second-order valence-electron chi connectivity index (χ2n) is 5.12. The van der Waals surface area contributed by atoms with Crippen LogP contribution in [0.2, 0.25) is 0 Å². The Bertz CT molecular complexity index is 215. The molecule has 3 unspecified atom stereocenters. The zero-order valence-corrected chi connectivity index (χ0v) is 10.2. The highest BCUT2D eigenvalue weighted by atomic mass is 32.2. The molecule has 1 saturated carbocycles. The fourth-order valence-electron chi connectivity index (χ4n) is 2.26. The van der Waals surface area contributed by atoms with Crippen molar-refractivity contribution in [3.8, 4) is 0 Å². The first-order chi connectivity index (χ1) is 6.46. The first-order valence-electron chi connectivity index (χ1n) is 5.54. The van der Waals surface area contributed by atoms with E-state index < -0.39 is 11.1 Å². The van der Waals surface area contributed by atoms with Crippen molar-refractivity contribution in [2.75, 3.05) is 0 Å². The second kappa shape index (κ2) is 4.75. The van der Waals surface area contributed by atoms with E-state index in [9.17, 15) is 8.76 Å². The maximum atomic E-state index is 10.9. The highest BCUT2D eigenvalue weighted by Gasteiger charge is 2.31. The number of rotatable bonds is 2. The van der Waals surface area contributed by atoms with Crippen LogP contribution in [0.3, 0.4) is 0 Å². The van der Waals surface area contributed by atoms with Crippen LogP contribution >= 0.6 is 0 Å². The van der Waals surface area contributed by atoms with Crippen molar-refractivity contribution in [2.45, 2.75) is 58.1 Å². The van der Waals surface area contributed by atoms with Gasteiger partial charge in [0.25, 0.3) is 0 Å². The molecule has 3 heteroatoms. The quantitative estimate of drug-likeness (QED) is 0.527. The number of hydrogen-bond donors (Lipinski definition) is 0. The van der Waals surface area contributed by atoms with E-state index in [1.165, 1.54) is 6.42 Å². The van der Waals surface area contributed by atoms with Crippen molar-refractivity contribution in [2.24, 2.45) is 11.3 Å². The van der Waals surface area contributed by atoms with E-state index in [1.54, 1.807) is 0 Å². The van der Waals surface area contributed by atoms with Gasteiger partial charge in [-0.3, -0.25) is 4.21 Å². The molecule has 0 aliphatic heterocycles. The molecule has 3 atom stereocenters. The van der Waals surface area contributed by atoms with Gasteiger partial charge in [0.1, 0.15) is 0 Å². The zero-order valence-electron chi connectivity index (χ0n) is 9.41. The van der Waals surface area contributed by atoms with Crippen LogP contribution in [0.25, 0.3) is 0 Å². The molecule has 1 fully saturated rings. The summed E-state index contributed by atoms with van der Waals surface area (Å²) >= 11 is -1.86. The molecule has 1 aliphatic rings. The lowest BCUT2D eigenvalue weighted by atomic mass is 9.73. The van der Waals surface area contributed by atoms with Crippen LogP contribution in [0.4, 0.5) is 0 Å². The minimum absolute atomic E-state index is 0.0874. The Hall–Kier alpha value is 0.110. The summed E-state index contributed by atoms with van der Waals surface area (Å²) < 4.78 is 21.8. The monoisotopic (exact) mass is 217 g/mol. The predicted octanol–water partition coefficient (Wildman–Crippen LogP) is 2.86. The Morgan fingerprint density at radius 3 is 2.50 bits per heavy atom. The molecule has 0 N–H and O–H groups in total. The molecule has 0 bridgehead atoms. The van der Waals surface area contributed by atoms with E-state index in [1.807, 2.05) is 0 Å². The molecule has 0 aromatic heterocycles. The molecule has 0 amide bonds. The van der Waals surface area contributed by atoms with Crippen LogP contribution < -0.4 is 0 Å². The molecule has 0 spiro atoms. The molecule has 2 nitrogen and oxygen atoms in total. The summed E-state index contributed by atoms with van der Waals surface area (Å²) in [5.41, 5.74) is 0.355. The Morgan fingerprint density at radius 1 is 1.36 bits per heavy atom. The Labute approximate surface area is 89.8 Å². The fourth-order valence-corrected chi connectivity index (χ4v) is 2.93.